The van der Waals surface area contributed by atoms with Crippen LogP contribution in [0.2, 0.25) is 0 Å². The van der Waals surface area contributed by atoms with Crippen LogP contribution in [0.4, 0.5) is 24.5 Å². The zero-order chi connectivity index (χ0) is 16.9. The minimum absolute atomic E-state index is 0.0507. The van der Waals surface area contributed by atoms with Crippen molar-refractivity contribution < 1.29 is 22.9 Å². The van der Waals surface area contributed by atoms with Gasteiger partial charge in [0.1, 0.15) is 5.69 Å². The fourth-order valence-electron chi connectivity index (χ4n) is 1.94. The van der Waals surface area contributed by atoms with E-state index in [9.17, 15) is 28.1 Å². The molecule has 6 nitrogen and oxygen atoms in total. The highest BCUT2D eigenvalue weighted by Gasteiger charge is 2.33. The number of amides is 1. The summed E-state index contributed by atoms with van der Waals surface area (Å²) in [6, 6.07) is 2.22. The van der Waals surface area contributed by atoms with Gasteiger partial charge in [0.05, 0.1) is 17.0 Å². The SMILES string of the molecule is CCCCN(CC(N)=O)c1ccc(C(F)(F)F)cc1[N+](=O)[O-]. The second kappa shape index (κ2) is 7.10. The van der Waals surface area contributed by atoms with Crippen LogP contribution >= 0.6 is 0 Å². The molecule has 22 heavy (non-hydrogen) atoms. The van der Waals surface area contributed by atoms with E-state index in [0.717, 1.165) is 18.6 Å². The van der Waals surface area contributed by atoms with Crippen molar-refractivity contribution in [3.8, 4) is 0 Å². The van der Waals surface area contributed by atoms with E-state index in [-0.39, 0.29) is 18.8 Å². The van der Waals surface area contributed by atoms with Crippen LogP contribution in [0, 0.1) is 10.1 Å². The van der Waals surface area contributed by atoms with E-state index < -0.39 is 28.3 Å². The quantitative estimate of drug-likeness (QED) is 0.618. The Morgan fingerprint density at radius 3 is 2.50 bits per heavy atom. The van der Waals surface area contributed by atoms with Gasteiger partial charge in [0.2, 0.25) is 5.91 Å². The average molecular weight is 319 g/mol. The number of halogens is 3. The van der Waals surface area contributed by atoms with Crippen LogP contribution < -0.4 is 10.6 Å². The van der Waals surface area contributed by atoms with Crippen molar-refractivity contribution in [3.63, 3.8) is 0 Å². The molecule has 0 aliphatic rings. The first-order chi connectivity index (χ1) is 10.2. The topological polar surface area (TPSA) is 89.5 Å². The van der Waals surface area contributed by atoms with Crippen molar-refractivity contribution in [3.05, 3.63) is 33.9 Å². The molecule has 0 heterocycles. The number of alkyl halides is 3. The van der Waals surface area contributed by atoms with Crippen LogP contribution in [-0.4, -0.2) is 23.9 Å². The largest absolute Gasteiger partial charge is 0.416 e. The van der Waals surface area contributed by atoms with Gasteiger partial charge in [-0.1, -0.05) is 13.3 Å². The molecule has 122 valence electrons. The fourth-order valence-corrected chi connectivity index (χ4v) is 1.94. The first-order valence-electron chi connectivity index (χ1n) is 6.55. The number of benzene rings is 1. The number of unbranched alkanes of at least 4 members (excludes halogenated alkanes) is 1. The summed E-state index contributed by atoms with van der Waals surface area (Å²) < 4.78 is 38.0. The Labute approximate surface area is 124 Å². The lowest BCUT2D eigenvalue weighted by Gasteiger charge is -2.23. The number of carbonyl (C=O) groups excluding carboxylic acids is 1. The number of nitro benzene ring substituents is 1. The van der Waals surface area contributed by atoms with E-state index >= 15 is 0 Å². The lowest BCUT2D eigenvalue weighted by atomic mass is 10.1. The number of primary amides is 1. The van der Waals surface area contributed by atoms with E-state index in [1.165, 1.54) is 4.90 Å². The van der Waals surface area contributed by atoms with Gasteiger partial charge in [-0.2, -0.15) is 13.2 Å². The zero-order valence-corrected chi connectivity index (χ0v) is 11.9. The number of nitrogens with zero attached hydrogens (tertiary/aromatic N) is 2. The molecule has 1 aromatic rings. The number of rotatable bonds is 7. The van der Waals surface area contributed by atoms with Crippen molar-refractivity contribution in [1.29, 1.82) is 0 Å². The third kappa shape index (κ3) is 4.61. The summed E-state index contributed by atoms with van der Waals surface area (Å²) in [5.41, 5.74) is 3.23. The Bertz CT molecular complexity index is 561. The lowest BCUT2D eigenvalue weighted by Crippen LogP contribution is -2.35. The maximum Gasteiger partial charge on any atom is 0.416 e. The number of nitro groups is 1. The number of carbonyl (C=O) groups is 1. The van der Waals surface area contributed by atoms with Crippen molar-refractivity contribution in [2.45, 2.75) is 25.9 Å². The average Bonchev–Trinajstić information content (AvgIpc) is 2.41. The van der Waals surface area contributed by atoms with Gasteiger partial charge >= 0.3 is 6.18 Å². The maximum atomic E-state index is 12.7. The minimum Gasteiger partial charge on any atom is -0.368 e. The predicted octanol–water partition coefficient (Wildman–Crippen LogP) is 2.71. The Morgan fingerprint density at radius 2 is 2.05 bits per heavy atom. The molecular formula is C13H16F3N3O3. The first-order valence-corrected chi connectivity index (χ1v) is 6.55. The third-order valence-corrected chi connectivity index (χ3v) is 2.97. The normalized spacial score (nSPS) is 11.3. The van der Waals surface area contributed by atoms with Crippen molar-refractivity contribution >= 4 is 17.3 Å². The summed E-state index contributed by atoms with van der Waals surface area (Å²) in [4.78, 5) is 22.6. The minimum atomic E-state index is -4.68. The van der Waals surface area contributed by atoms with Gasteiger partial charge in [-0.15, -0.1) is 0 Å². The highest BCUT2D eigenvalue weighted by atomic mass is 19.4. The summed E-state index contributed by atoms with van der Waals surface area (Å²) in [6.45, 7) is 1.86. The van der Waals surface area contributed by atoms with Gasteiger partial charge in [-0.05, 0) is 18.6 Å². The molecule has 0 aliphatic heterocycles. The molecule has 0 aromatic heterocycles. The molecule has 0 fully saturated rings. The second-order valence-corrected chi connectivity index (χ2v) is 4.70. The van der Waals surface area contributed by atoms with Crippen LogP contribution in [0.3, 0.4) is 0 Å². The molecule has 2 N–H and O–H groups in total. The first kappa shape index (κ1) is 17.7. The van der Waals surface area contributed by atoms with Crippen LogP contribution in [0.15, 0.2) is 18.2 Å². The van der Waals surface area contributed by atoms with Gasteiger partial charge < -0.3 is 10.6 Å². The molecule has 1 amide bonds. The van der Waals surface area contributed by atoms with E-state index in [1.54, 1.807) is 0 Å². The molecule has 0 radical (unpaired) electrons. The molecule has 0 bridgehead atoms. The Hall–Kier alpha value is -2.32. The molecule has 0 spiro atoms. The van der Waals surface area contributed by atoms with Crippen molar-refractivity contribution in [2.24, 2.45) is 5.73 Å². The molecule has 0 aliphatic carbocycles. The fraction of sp³-hybridized carbons (Fsp3) is 0.462. The Kier molecular flexibility index (Phi) is 5.72. The number of hydrogen-bond donors (Lipinski definition) is 1. The Balaban J connectivity index is 3.29. The summed E-state index contributed by atoms with van der Waals surface area (Å²) in [6.07, 6.45) is -3.31. The molecule has 9 heteroatoms. The summed E-state index contributed by atoms with van der Waals surface area (Å²) in [7, 11) is 0. The monoisotopic (exact) mass is 319 g/mol. The molecule has 1 rings (SSSR count). The highest BCUT2D eigenvalue weighted by molar-refractivity contribution is 5.81. The predicted molar refractivity (Wildman–Crippen MR) is 74.4 cm³/mol. The van der Waals surface area contributed by atoms with Crippen LogP contribution in [0.25, 0.3) is 0 Å². The van der Waals surface area contributed by atoms with Gasteiger partial charge in [0.25, 0.3) is 5.69 Å². The molecule has 0 saturated carbocycles. The summed E-state index contributed by atoms with van der Waals surface area (Å²) in [5, 5.41) is 11.1. The maximum absolute atomic E-state index is 12.7. The van der Waals surface area contributed by atoms with Gasteiger partial charge in [0.15, 0.2) is 0 Å². The van der Waals surface area contributed by atoms with Gasteiger partial charge in [-0.3, -0.25) is 14.9 Å². The molecule has 0 atom stereocenters. The van der Waals surface area contributed by atoms with E-state index in [0.29, 0.717) is 12.5 Å². The smallest absolute Gasteiger partial charge is 0.368 e. The zero-order valence-electron chi connectivity index (χ0n) is 11.9. The Morgan fingerprint density at radius 1 is 1.41 bits per heavy atom. The van der Waals surface area contributed by atoms with Crippen LogP contribution in [-0.2, 0) is 11.0 Å². The van der Waals surface area contributed by atoms with Crippen molar-refractivity contribution in [2.75, 3.05) is 18.0 Å². The summed E-state index contributed by atoms with van der Waals surface area (Å²) >= 11 is 0. The van der Waals surface area contributed by atoms with E-state index in [2.05, 4.69) is 0 Å². The molecule has 0 unspecified atom stereocenters. The number of hydrogen-bond acceptors (Lipinski definition) is 4. The van der Waals surface area contributed by atoms with Gasteiger partial charge in [-0.25, -0.2) is 0 Å². The van der Waals surface area contributed by atoms with E-state index in [1.807, 2.05) is 6.92 Å². The third-order valence-electron chi connectivity index (χ3n) is 2.97. The summed E-state index contributed by atoms with van der Waals surface area (Å²) in [5.74, 6) is -0.717. The van der Waals surface area contributed by atoms with Crippen LogP contribution in [0.1, 0.15) is 25.3 Å². The number of nitrogens with two attached hydrogens (primary N) is 1. The second-order valence-electron chi connectivity index (χ2n) is 4.70. The standard InChI is InChI=1S/C13H16F3N3O3/c1-2-3-6-18(8-12(17)20)10-5-4-9(13(14,15)16)7-11(10)19(21)22/h4-5,7H,2-3,6,8H2,1H3,(H2,17,20). The number of anilines is 1. The molecule has 1 aromatic carbocycles. The van der Waals surface area contributed by atoms with Gasteiger partial charge in [0, 0.05) is 12.6 Å². The molecule has 0 saturated heterocycles. The van der Waals surface area contributed by atoms with Crippen molar-refractivity contribution in [1.82, 2.24) is 0 Å². The van der Waals surface area contributed by atoms with E-state index in [4.69, 9.17) is 5.73 Å². The van der Waals surface area contributed by atoms with Crippen LogP contribution in [0.5, 0.6) is 0 Å². The highest BCUT2D eigenvalue weighted by Crippen LogP contribution is 2.36. The lowest BCUT2D eigenvalue weighted by molar-refractivity contribution is -0.384. The molecular weight excluding hydrogens is 303 g/mol.